The molecule has 3 aromatic rings. The number of nitrogens with zero attached hydrogens (tertiary/aromatic N) is 3. The van der Waals surface area contributed by atoms with Crippen LogP contribution in [0.4, 0.5) is 0 Å². The SMILES string of the molecule is COC(=O)CC1CCN(CCS(=O)(=O)N[C@@H]2CCc3c(-c4cnc(-c5ccc(OC(C)C)c(C#N)c5)s4)cccc32)CC1. The first kappa shape index (κ1) is 31.1. The molecular formula is C32H38N4O5S2. The molecule has 228 valence electrons. The summed E-state index contributed by atoms with van der Waals surface area (Å²) in [4.78, 5) is 19.4. The quantitative estimate of drug-likeness (QED) is 0.285. The molecule has 1 aliphatic carbocycles. The largest absolute Gasteiger partial charge is 0.490 e. The van der Waals surface area contributed by atoms with E-state index in [1.165, 1.54) is 7.11 Å². The van der Waals surface area contributed by atoms with Crippen LogP contribution in [0.1, 0.15) is 62.3 Å². The van der Waals surface area contributed by atoms with Crippen molar-refractivity contribution in [2.75, 3.05) is 32.5 Å². The number of nitrogens with one attached hydrogen (secondary N) is 1. The van der Waals surface area contributed by atoms with E-state index < -0.39 is 10.0 Å². The predicted molar refractivity (Wildman–Crippen MR) is 167 cm³/mol. The number of hydrogen-bond acceptors (Lipinski definition) is 9. The number of piperidine rings is 1. The molecule has 0 saturated carbocycles. The minimum absolute atomic E-state index is 0.0268. The maximum absolute atomic E-state index is 13.1. The number of benzene rings is 2. The number of aromatic nitrogens is 1. The maximum atomic E-state index is 13.1. The van der Waals surface area contributed by atoms with Gasteiger partial charge in [-0.2, -0.15) is 5.26 Å². The number of thiazole rings is 1. The average molecular weight is 623 g/mol. The molecule has 0 spiro atoms. The number of fused-ring (bicyclic) bond motifs is 1. The lowest BCUT2D eigenvalue weighted by atomic mass is 9.94. The standard InChI is InChI=1S/C32H38N4O5S2/c1-21(2)41-29-10-7-23(18-24(29)19-33)32-34-20-30(42-32)27-6-4-5-26-25(27)8-9-28(26)35-43(38,39)16-15-36-13-11-22(12-14-36)17-31(37)40-3/h4-7,10,18,20-22,28,35H,8-9,11-17H2,1-3H3/t28-/m1/s1. The van der Waals surface area contributed by atoms with Crippen molar-refractivity contribution in [3.8, 4) is 32.8 Å². The van der Waals surface area contributed by atoms with Crippen molar-refractivity contribution in [3.63, 3.8) is 0 Å². The normalized spacial score (nSPS) is 17.5. The van der Waals surface area contributed by atoms with Gasteiger partial charge in [-0.3, -0.25) is 4.79 Å². The molecule has 5 rings (SSSR count). The van der Waals surface area contributed by atoms with E-state index in [0.29, 0.717) is 36.6 Å². The minimum atomic E-state index is -3.48. The second-order valence-corrected chi connectivity index (χ2v) is 14.4. The molecule has 11 heteroatoms. The van der Waals surface area contributed by atoms with Crippen LogP contribution in [0.2, 0.25) is 0 Å². The Morgan fingerprint density at radius 1 is 1.21 bits per heavy atom. The minimum Gasteiger partial charge on any atom is -0.490 e. The molecule has 0 bridgehead atoms. The molecular weight excluding hydrogens is 585 g/mol. The summed E-state index contributed by atoms with van der Waals surface area (Å²) in [6.07, 6.45) is 5.49. The number of carbonyl (C=O) groups is 1. The van der Waals surface area contributed by atoms with Crippen LogP contribution in [-0.4, -0.2) is 62.9 Å². The summed E-state index contributed by atoms with van der Waals surface area (Å²) >= 11 is 1.56. The molecule has 43 heavy (non-hydrogen) atoms. The van der Waals surface area contributed by atoms with Crippen LogP contribution in [0.25, 0.3) is 21.0 Å². The number of likely N-dealkylation sites (tertiary alicyclic amines) is 1. The van der Waals surface area contributed by atoms with Gasteiger partial charge in [0.2, 0.25) is 10.0 Å². The van der Waals surface area contributed by atoms with Crippen LogP contribution in [0.3, 0.4) is 0 Å². The van der Waals surface area contributed by atoms with E-state index in [2.05, 4.69) is 26.7 Å². The van der Waals surface area contributed by atoms with Gasteiger partial charge in [0.25, 0.3) is 0 Å². The first-order chi connectivity index (χ1) is 20.7. The van der Waals surface area contributed by atoms with E-state index in [1.54, 1.807) is 11.3 Å². The fourth-order valence-electron chi connectivity index (χ4n) is 5.90. The molecule has 2 aromatic carbocycles. The van der Waals surface area contributed by atoms with Crippen LogP contribution in [0.5, 0.6) is 5.75 Å². The predicted octanol–water partition coefficient (Wildman–Crippen LogP) is 5.32. The molecule has 1 fully saturated rings. The fraction of sp³-hybridized carbons (Fsp3) is 0.469. The molecule has 1 aliphatic heterocycles. The highest BCUT2D eigenvalue weighted by atomic mass is 32.2. The number of carbonyl (C=O) groups excluding carboxylic acids is 1. The van der Waals surface area contributed by atoms with Crippen molar-refractivity contribution >= 4 is 27.3 Å². The summed E-state index contributed by atoms with van der Waals surface area (Å²) in [6, 6.07) is 13.6. The van der Waals surface area contributed by atoms with Gasteiger partial charge >= 0.3 is 5.97 Å². The lowest BCUT2D eigenvalue weighted by Crippen LogP contribution is -2.40. The molecule has 0 radical (unpaired) electrons. The highest BCUT2D eigenvalue weighted by Gasteiger charge is 2.30. The van der Waals surface area contributed by atoms with Gasteiger partial charge in [0, 0.05) is 30.8 Å². The molecule has 1 aromatic heterocycles. The van der Waals surface area contributed by atoms with Crippen molar-refractivity contribution < 1.29 is 22.7 Å². The number of ether oxygens (including phenoxy) is 2. The maximum Gasteiger partial charge on any atom is 0.305 e. The van der Waals surface area contributed by atoms with Gasteiger partial charge in [-0.25, -0.2) is 18.1 Å². The monoisotopic (exact) mass is 622 g/mol. The van der Waals surface area contributed by atoms with Crippen molar-refractivity contribution in [1.29, 1.82) is 5.26 Å². The number of nitriles is 1. The molecule has 2 heterocycles. The molecule has 9 nitrogen and oxygen atoms in total. The summed E-state index contributed by atoms with van der Waals surface area (Å²) < 4.78 is 39.7. The van der Waals surface area contributed by atoms with E-state index in [1.807, 2.05) is 50.4 Å². The van der Waals surface area contributed by atoms with E-state index >= 15 is 0 Å². The summed E-state index contributed by atoms with van der Waals surface area (Å²) in [7, 11) is -2.07. The van der Waals surface area contributed by atoms with Gasteiger partial charge in [-0.15, -0.1) is 11.3 Å². The van der Waals surface area contributed by atoms with Gasteiger partial charge in [0.1, 0.15) is 16.8 Å². The Kier molecular flexibility index (Phi) is 9.82. The van der Waals surface area contributed by atoms with Crippen molar-refractivity contribution in [2.45, 2.75) is 58.1 Å². The fourth-order valence-corrected chi connectivity index (χ4v) is 8.16. The third-order valence-electron chi connectivity index (χ3n) is 8.14. The number of methoxy groups -OCH3 is 1. The Morgan fingerprint density at radius 3 is 2.72 bits per heavy atom. The zero-order valence-electron chi connectivity index (χ0n) is 24.8. The zero-order chi connectivity index (χ0) is 30.6. The van der Waals surface area contributed by atoms with Crippen LogP contribution in [0, 0.1) is 17.2 Å². The van der Waals surface area contributed by atoms with Crippen molar-refractivity contribution in [2.24, 2.45) is 5.92 Å². The zero-order valence-corrected chi connectivity index (χ0v) is 26.5. The average Bonchev–Trinajstić information content (AvgIpc) is 3.64. The lowest BCUT2D eigenvalue weighted by molar-refractivity contribution is -0.142. The lowest BCUT2D eigenvalue weighted by Gasteiger charge is -2.31. The first-order valence-corrected chi connectivity index (χ1v) is 17.2. The summed E-state index contributed by atoms with van der Waals surface area (Å²) in [5, 5.41) is 10.4. The number of hydrogen-bond donors (Lipinski definition) is 1. The molecule has 0 amide bonds. The van der Waals surface area contributed by atoms with Gasteiger partial charge in [0.05, 0.1) is 29.4 Å². The number of rotatable bonds is 11. The highest BCUT2D eigenvalue weighted by molar-refractivity contribution is 7.89. The Balaban J connectivity index is 1.23. The third-order valence-corrected chi connectivity index (χ3v) is 10.6. The van der Waals surface area contributed by atoms with Crippen LogP contribution in [0.15, 0.2) is 42.6 Å². The van der Waals surface area contributed by atoms with Gasteiger partial charge in [0.15, 0.2) is 0 Å². The molecule has 0 unspecified atom stereocenters. The Labute approximate surface area is 257 Å². The second-order valence-electron chi connectivity index (χ2n) is 11.5. The van der Waals surface area contributed by atoms with E-state index in [0.717, 1.165) is 64.5 Å². The highest BCUT2D eigenvalue weighted by Crippen LogP contribution is 2.41. The topological polar surface area (TPSA) is 122 Å². The molecule has 1 N–H and O–H groups in total. The Bertz CT molecular complexity index is 1600. The van der Waals surface area contributed by atoms with E-state index in [9.17, 15) is 18.5 Å². The number of sulfonamides is 1. The van der Waals surface area contributed by atoms with Crippen LogP contribution < -0.4 is 9.46 Å². The first-order valence-electron chi connectivity index (χ1n) is 14.7. The van der Waals surface area contributed by atoms with Crippen molar-refractivity contribution in [1.82, 2.24) is 14.6 Å². The second kappa shape index (κ2) is 13.6. The molecule has 1 saturated heterocycles. The Hall–Kier alpha value is -3.30. The Morgan fingerprint density at radius 2 is 2.00 bits per heavy atom. The van der Waals surface area contributed by atoms with Crippen LogP contribution in [-0.2, 0) is 26.0 Å². The summed E-state index contributed by atoms with van der Waals surface area (Å²) in [5.41, 5.74) is 4.56. The molecule has 1 atom stereocenters. The van der Waals surface area contributed by atoms with E-state index in [4.69, 9.17) is 9.47 Å². The molecule has 2 aliphatic rings. The summed E-state index contributed by atoms with van der Waals surface area (Å²) in [6.45, 7) is 5.91. The van der Waals surface area contributed by atoms with E-state index in [-0.39, 0.29) is 23.9 Å². The third kappa shape index (κ3) is 7.62. The van der Waals surface area contributed by atoms with Gasteiger partial charge < -0.3 is 14.4 Å². The smallest absolute Gasteiger partial charge is 0.305 e. The van der Waals surface area contributed by atoms with Gasteiger partial charge in [-0.1, -0.05) is 18.2 Å². The van der Waals surface area contributed by atoms with Gasteiger partial charge in [-0.05, 0) is 93.4 Å². The van der Waals surface area contributed by atoms with Crippen LogP contribution >= 0.6 is 11.3 Å². The van der Waals surface area contributed by atoms with Crippen molar-refractivity contribution in [3.05, 3.63) is 59.3 Å². The summed E-state index contributed by atoms with van der Waals surface area (Å²) in [5.74, 6) is 0.728. The number of esters is 1.